The summed E-state index contributed by atoms with van der Waals surface area (Å²) < 4.78 is 2.18. The summed E-state index contributed by atoms with van der Waals surface area (Å²) in [5, 5.41) is 4.72. The molecule has 0 saturated heterocycles. The van der Waals surface area contributed by atoms with Gasteiger partial charge in [-0.15, -0.1) is 0 Å². The lowest BCUT2D eigenvalue weighted by Gasteiger charge is -1.99. The molecule has 15 heavy (non-hydrogen) atoms. The maximum absolute atomic E-state index is 11.3. The van der Waals surface area contributed by atoms with E-state index in [0.29, 0.717) is 4.91 Å². The molecule has 7 heteroatoms. The fourth-order valence-corrected chi connectivity index (χ4v) is 5.39. The Morgan fingerprint density at radius 2 is 1.73 bits per heavy atom. The van der Waals surface area contributed by atoms with Gasteiger partial charge < -0.3 is 0 Å². The van der Waals surface area contributed by atoms with Crippen LogP contribution in [0.5, 0.6) is 0 Å². The summed E-state index contributed by atoms with van der Waals surface area (Å²) in [4.78, 5) is 22.4. The lowest BCUT2D eigenvalue weighted by Crippen LogP contribution is -2.06. The van der Waals surface area contributed by atoms with Crippen molar-refractivity contribution in [1.29, 1.82) is 0 Å². The van der Waals surface area contributed by atoms with Crippen LogP contribution in [0.4, 0.5) is 0 Å². The van der Waals surface area contributed by atoms with Crippen molar-refractivity contribution in [1.82, 2.24) is 0 Å². The van der Waals surface area contributed by atoms with Crippen molar-refractivity contribution in [2.24, 2.45) is 0 Å². The summed E-state index contributed by atoms with van der Waals surface area (Å²) >= 11 is 11.1. The number of carbonyl (C=O) groups is 2. The van der Waals surface area contributed by atoms with Crippen LogP contribution in [0, 0.1) is 0 Å². The number of thioether (sulfide) groups is 4. The Hall–Kier alpha value is 0.250. The maximum Gasteiger partial charge on any atom is 0.293 e. The molecule has 2 aliphatic rings. The van der Waals surface area contributed by atoms with E-state index in [2.05, 4.69) is 0 Å². The van der Waals surface area contributed by atoms with E-state index in [4.69, 9.17) is 11.6 Å². The number of hydrogen-bond donors (Lipinski definition) is 0. The SMILES string of the molecule is O=C(Cl)C(=O)C1=CSC(=C2SC=CS2)S1. The molecule has 2 heterocycles. The summed E-state index contributed by atoms with van der Waals surface area (Å²) in [6, 6.07) is 0. The molecule has 0 aromatic rings. The molecule has 0 aromatic heterocycles. The molecule has 0 N–H and O–H groups in total. The number of hydrogen-bond acceptors (Lipinski definition) is 6. The average Bonchev–Trinajstić information content (AvgIpc) is 2.86. The van der Waals surface area contributed by atoms with Crippen LogP contribution in [-0.2, 0) is 9.59 Å². The van der Waals surface area contributed by atoms with Crippen LogP contribution in [-0.4, -0.2) is 11.0 Å². The van der Waals surface area contributed by atoms with Gasteiger partial charge in [-0.25, -0.2) is 0 Å². The number of rotatable bonds is 2. The van der Waals surface area contributed by atoms with Crippen LogP contribution in [0.2, 0.25) is 0 Å². The summed E-state index contributed by atoms with van der Waals surface area (Å²) in [6.07, 6.45) is 0. The number of allylic oxidation sites excluding steroid dienone is 1. The second kappa shape index (κ2) is 5.05. The van der Waals surface area contributed by atoms with Crippen molar-refractivity contribution in [2.45, 2.75) is 0 Å². The van der Waals surface area contributed by atoms with Gasteiger partial charge >= 0.3 is 0 Å². The van der Waals surface area contributed by atoms with Crippen molar-refractivity contribution >= 4 is 69.7 Å². The van der Waals surface area contributed by atoms with Gasteiger partial charge in [-0.3, -0.25) is 9.59 Å². The van der Waals surface area contributed by atoms with E-state index in [1.165, 1.54) is 23.5 Å². The predicted octanol–water partition coefficient (Wildman–Crippen LogP) is 3.72. The van der Waals surface area contributed by atoms with Gasteiger partial charge in [-0.1, -0.05) is 47.0 Å². The van der Waals surface area contributed by atoms with Gasteiger partial charge in [0, 0.05) is 0 Å². The second-order valence-corrected chi connectivity index (χ2v) is 7.01. The quantitative estimate of drug-likeness (QED) is 0.570. The highest BCUT2D eigenvalue weighted by molar-refractivity contribution is 8.33. The van der Waals surface area contributed by atoms with Crippen LogP contribution in [0.3, 0.4) is 0 Å². The van der Waals surface area contributed by atoms with E-state index in [-0.39, 0.29) is 0 Å². The first-order valence-electron chi connectivity index (χ1n) is 3.70. The van der Waals surface area contributed by atoms with Gasteiger partial charge in [0.25, 0.3) is 11.0 Å². The standard InChI is InChI=1S/C8H3ClO2S4/c9-6(11)5(10)4-3-14-8(15-4)7-12-1-2-13-7/h1-3H. The second-order valence-electron chi connectivity index (χ2n) is 2.39. The number of halogens is 1. The maximum atomic E-state index is 11.3. The van der Waals surface area contributed by atoms with Gasteiger partial charge in [0.1, 0.15) is 0 Å². The highest BCUT2D eigenvalue weighted by Gasteiger charge is 2.25. The molecular formula is C8H3ClO2S4. The smallest absolute Gasteiger partial charge is 0.283 e. The van der Waals surface area contributed by atoms with E-state index in [1.807, 2.05) is 10.8 Å². The third-order valence-corrected chi connectivity index (χ3v) is 6.64. The number of ketones is 1. The summed E-state index contributed by atoms with van der Waals surface area (Å²) in [5.74, 6) is -0.620. The molecule has 0 amide bonds. The first kappa shape index (κ1) is 11.7. The van der Waals surface area contributed by atoms with Gasteiger partial charge in [0.15, 0.2) is 0 Å². The Morgan fingerprint density at radius 3 is 2.33 bits per heavy atom. The van der Waals surface area contributed by atoms with Crippen molar-refractivity contribution in [2.75, 3.05) is 0 Å². The lowest BCUT2D eigenvalue weighted by atomic mass is 10.4. The Labute approximate surface area is 108 Å². The first-order chi connectivity index (χ1) is 7.18. The molecule has 2 aliphatic heterocycles. The molecule has 0 atom stereocenters. The van der Waals surface area contributed by atoms with Gasteiger partial charge in [-0.05, 0) is 27.8 Å². The fourth-order valence-electron chi connectivity index (χ4n) is 0.845. The van der Waals surface area contributed by atoms with Crippen LogP contribution in [0.15, 0.2) is 29.6 Å². The molecule has 0 fully saturated rings. The van der Waals surface area contributed by atoms with Gasteiger partial charge in [-0.2, -0.15) is 0 Å². The van der Waals surface area contributed by atoms with Crippen molar-refractivity contribution < 1.29 is 9.59 Å². The highest BCUT2D eigenvalue weighted by Crippen LogP contribution is 2.53. The van der Waals surface area contributed by atoms with E-state index >= 15 is 0 Å². The first-order valence-corrected chi connectivity index (χ1v) is 7.53. The van der Waals surface area contributed by atoms with E-state index in [9.17, 15) is 9.59 Å². The normalized spacial score (nSPS) is 19.7. The average molecular weight is 295 g/mol. The van der Waals surface area contributed by atoms with Crippen LogP contribution < -0.4 is 0 Å². The molecule has 78 valence electrons. The minimum Gasteiger partial charge on any atom is -0.283 e. The Morgan fingerprint density at radius 1 is 1.07 bits per heavy atom. The topological polar surface area (TPSA) is 34.1 Å². The Balaban J connectivity index is 2.08. The number of Topliss-reactive ketones (excluding diaryl/α,β-unsaturated/α-hetero) is 1. The summed E-state index contributed by atoms with van der Waals surface area (Å²) in [5.41, 5.74) is 0. The van der Waals surface area contributed by atoms with E-state index in [0.717, 1.165) is 8.47 Å². The van der Waals surface area contributed by atoms with Gasteiger partial charge in [0.05, 0.1) is 13.4 Å². The van der Waals surface area contributed by atoms with Crippen molar-refractivity contribution in [3.05, 3.63) is 29.6 Å². The third-order valence-electron chi connectivity index (χ3n) is 1.45. The summed E-state index contributed by atoms with van der Waals surface area (Å²) in [7, 11) is 0. The van der Waals surface area contributed by atoms with Crippen LogP contribution in [0.25, 0.3) is 0 Å². The summed E-state index contributed by atoms with van der Waals surface area (Å²) in [6.45, 7) is 0. The minimum absolute atomic E-state index is 0.413. The zero-order valence-corrected chi connectivity index (χ0v) is 11.1. The monoisotopic (exact) mass is 294 g/mol. The van der Waals surface area contributed by atoms with E-state index < -0.39 is 11.0 Å². The van der Waals surface area contributed by atoms with E-state index in [1.54, 1.807) is 28.9 Å². The molecule has 0 radical (unpaired) electrons. The molecule has 0 saturated carbocycles. The lowest BCUT2D eigenvalue weighted by molar-refractivity contribution is -0.129. The minimum atomic E-state index is -0.926. The molecule has 0 unspecified atom stereocenters. The zero-order valence-electron chi connectivity index (χ0n) is 7.06. The molecule has 2 nitrogen and oxygen atoms in total. The molecule has 2 rings (SSSR count). The molecule has 0 aromatic carbocycles. The fraction of sp³-hybridized carbons (Fsp3) is 0. The molecule has 0 spiro atoms. The Bertz CT molecular complexity index is 414. The predicted molar refractivity (Wildman–Crippen MR) is 70.5 cm³/mol. The third kappa shape index (κ3) is 2.68. The molecule has 0 bridgehead atoms. The number of carbonyl (C=O) groups excluding carboxylic acids is 2. The van der Waals surface area contributed by atoms with Gasteiger partial charge in [0.2, 0.25) is 0 Å². The van der Waals surface area contributed by atoms with Crippen LogP contribution in [0.1, 0.15) is 0 Å². The largest absolute Gasteiger partial charge is 0.293 e. The Kier molecular flexibility index (Phi) is 3.95. The zero-order chi connectivity index (χ0) is 10.8. The highest BCUT2D eigenvalue weighted by atomic mass is 35.5. The molecular weight excluding hydrogens is 292 g/mol. The van der Waals surface area contributed by atoms with Crippen molar-refractivity contribution in [3.8, 4) is 0 Å². The van der Waals surface area contributed by atoms with Crippen molar-refractivity contribution in [3.63, 3.8) is 0 Å². The van der Waals surface area contributed by atoms with Crippen LogP contribution >= 0.6 is 58.6 Å². The molecule has 0 aliphatic carbocycles.